The van der Waals surface area contributed by atoms with Crippen molar-refractivity contribution >= 4 is 51.2 Å². The van der Waals surface area contributed by atoms with E-state index in [9.17, 15) is 0 Å². The van der Waals surface area contributed by atoms with Crippen LogP contribution in [-0.2, 0) is 0 Å². The average Bonchev–Trinajstić information content (AvgIpc) is 1.97. The molecule has 0 heterocycles. The fourth-order valence-corrected chi connectivity index (χ4v) is 0.854. The topological polar surface area (TPSA) is 0 Å². The third-order valence-corrected chi connectivity index (χ3v) is 1.46. The predicted octanol–water partition coefficient (Wildman–Crippen LogP) is 5.26. The van der Waals surface area contributed by atoms with Gasteiger partial charge in [-0.25, -0.2) is 0 Å². The summed E-state index contributed by atoms with van der Waals surface area (Å²) < 4.78 is 0. The zero-order valence-electron chi connectivity index (χ0n) is 7.95. The molecule has 0 saturated heterocycles. The van der Waals surface area contributed by atoms with Gasteiger partial charge in [-0.15, -0.1) is 0 Å². The fourth-order valence-electron chi connectivity index (χ4n) is 0.854. The molecule has 0 saturated carbocycles. The van der Waals surface area contributed by atoms with E-state index in [0.717, 1.165) is 0 Å². The Morgan fingerprint density at radius 2 is 1.00 bits per heavy atom. The number of rotatable bonds is 5. The van der Waals surface area contributed by atoms with Crippen molar-refractivity contribution in [3.05, 3.63) is 0 Å². The van der Waals surface area contributed by atoms with Crippen LogP contribution in [0.1, 0.15) is 52.4 Å². The third kappa shape index (κ3) is 29.5. The standard InChI is InChI=1S/C8H18.3BrH.Sn.H/c1-3-5-7-8-6-4-2;;;;;/h3-8H2,1-2H3;3*1H;;/q;;;;+3;/p-3. The van der Waals surface area contributed by atoms with Gasteiger partial charge >= 0.3 is 51.2 Å². The Morgan fingerprint density at radius 1 is 0.750 bits per heavy atom. The van der Waals surface area contributed by atoms with Crippen LogP contribution < -0.4 is 0 Å². The molecule has 0 bridgehead atoms. The van der Waals surface area contributed by atoms with Gasteiger partial charge in [0.1, 0.15) is 0 Å². The van der Waals surface area contributed by atoms with Crippen molar-refractivity contribution in [3.63, 3.8) is 0 Å². The van der Waals surface area contributed by atoms with Gasteiger partial charge in [-0.05, 0) is 0 Å². The van der Waals surface area contributed by atoms with Crippen molar-refractivity contribution in [1.82, 2.24) is 0 Å². The molecule has 4 heteroatoms. The molecule has 0 aliphatic rings. The van der Waals surface area contributed by atoms with Gasteiger partial charge in [0.05, 0.1) is 0 Å². The molecule has 0 atom stereocenters. The molecule has 0 aromatic heterocycles. The molecule has 12 heavy (non-hydrogen) atoms. The molecule has 0 aliphatic heterocycles. The Morgan fingerprint density at radius 3 is 1.17 bits per heavy atom. The van der Waals surface area contributed by atoms with E-state index in [1.54, 1.807) is 0 Å². The summed E-state index contributed by atoms with van der Waals surface area (Å²) >= 11 is 8.74. The van der Waals surface area contributed by atoms with Crippen molar-refractivity contribution in [2.75, 3.05) is 0 Å². The van der Waals surface area contributed by atoms with Crippen molar-refractivity contribution in [3.8, 4) is 0 Å². The second kappa shape index (κ2) is 15.7. The average molecular weight is 474 g/mol. The zero-order chi connectivity index (χ0) is 9.82. The summed E-state index contributed by atoms with van der Waals surface area (Å²) in [6.07, 6.45) is 8.49. The Hall–Kier alpha value is 2.24. The summed E-state index contributed by atoms with van der Waals surface area (Å²) in [7, 11) is 0. The van der Waals surface area contributed by atoms with Crippen LogP contribution in [0.5, 0.6) is 0 Å². The summed E-state index contributed by atoms with van der Waals surface area (Å²) in [6, 6.07) is 0. The maximum atomic E-state index is 3.31. The van der Waals surface area contributed by atoms with Gasteiger partial charge in [0.15, 0.2) is 0 Å². The Labute approximate surface area is 102 Å². The van der Waals surface area contributed by atoms with Gasteiger partial charge in [-0.3, -0.25) is 0 Å². The van der Waals surface area contributed by atoms with Gasteiger partial charge in [-0.2, -0.15) is 0 Å². The van der Waals surface area contributed by atoms with Gasteiger partial charge in [0.25, 0.3) is 0 Å². The number of hydrogen-bond donors (Lipinski definition) is 0. The zero-order valence-corrected chi connectivity index (χ0v) is 16.0. The van der Waals surface area contributed by atoms with Crippen LogP contribution in [0.3, 0.4) is 0 Å². The summed E-state index contributed by atoms with van der Waals surface area (Å²) in [6.45, 7) is 4.51. The monoisotopic (exact) mass is 472 g/mol. The molecular weight excluding hydrogens is 455 g/mol. The van der Waals surface area contributed by atoms with Gasteiger partial charge in [0.2, 0.25) is 0 Å². The van der Waals surface area contributed by atoms with E-state index in [1.165, 1.54) is 38.5 Å². The van der Waals surface area contributed by atoms with E-state index < -0.39 is 13.1 Å². The first-order valence-corrected chi connectivity index (χ1v) is 26.7. The summed E-state index contributed by atoms with van der Waals surface area (Å²) in [5, 5.41) is 0. The van der Waals surface area contributed by atoms with Crippen LogP contribution >= 0.6 is 38.1 Å². The van der Waals surface area contributed by atoms with Crippen LogP contribution in [0, 0.1) is 0 Å². The molecule has 0 aromatic carbocycles. The molecule has 0 aromatic rings. The van der Waals surface area contributed by atoms with E-state index in [2.05, 4.69) is 52.0 Å². The van der Waals surface area contributed by atoms with E-state index in [-0.39, 0.29) is 0 Å². The number of halogens is 3. The number of hydrogen-bond acceptors (Lipinski definition) is 0. The van der Waals surface area contributed by atoms with E-state index in [0.29, 0.717) is 0 Å². The number of unbranched alkanes of at least 4 members (excludes halogenated alkanes) is 5. The van der Waals surface area contributed by atoms with Gasteiger partial charge < -0.3 is 0 Å². The van der Waals surface area contributed by atoms with Crippen LogP contribution in [0.15, 0.2) is 0 Å². The normalized spacial score (nSPS) is 9.50. The minimum atomic E-state index is -1.20. The van der Waals surface area contributed by atoms with E-state index in [1.807, 2.05) is 0 Å². The van der Waals surface area contributed by atoms with Gasteiger partial charge in [0, 0.05) is 0 Å². The first-order chi connectivity index (χ1) is 5.65. The molecule has 0 aliphatic carbocycles. The SMILES string of the molecule is CCCCCCCC.[Br][SnH]([Br])[Br]. The molecule has 0 fully saturated rings. The molecule has 0 radical (unpaired) electrons. The summed E-state index contributed by atoms with van der Waals surface area (Å²) in [5.41, 5.74) is 0. The Balaban J connectivity index is 0. The second-order valence-corrected chi connectivity index (χ2v) is 47.2. The van der Waals surface area contributed by atoms with E-state index >= 15 is 0 Å². The quantitative estimate of drug-likeness (QED) is 0.378. The first kappa shape index (κ1) is 16.7. The van der Waals surface area contributed by atoms with Crippen LogP contribution in [0.4, 0.5) is 0 Å². The first-order valence-electron chi connectivity index (χ1n) is 4.57. The van der Waals surface area contributed by atoms with Crippen molar-refractivity contribution in [2.45, 2.75) is 52.4 Å². The molecule has 0 nitrogen and oxygen atoms in total. The summed E-state index contributed by atoms with van der Waals surface area (Å²) in [4.78, 5) is 0. The van der Waals surface area contributed by atoms with Crippen LogP contribution in [0.25, 0.3) is 0 Å². The maximum absolute atomic E-state index is 3.31. The molecule has 0 N–H and O–H groups in total. The third-order valence-electron chi connectivity index (χ3n) is 1.46. The van der Waals surface area contributed by atoms with Gasteiger partial charge in [-0.1, -0.05) is 52.4 Å². The van der Waals surface area contributed by atoms with Crippen molar-refractivity contribution in [1.29, 1.82) is 0 Å². The second-order valence-electron chi connectivity index (χ2n) is 2.66. The molecule has 0 amide bonds. The fraction of sp³-hybridized carbons (Fsp3) is 1.00. The predicted molar refractivity (Wildman–Crippen MR) is 73.0 cm³/mol. The molecule has 76 valence electrons. The van der Waals surface area contributed by atoms with Crippen LogP contribution in [0.2, 0.25) is 0 Å². The molecule has 0 rings (SSSR count). The van der Waals surface area contributed by atoms with E-state index in [4.69, 9.17) is 0 Å². The molecule has 0 unspecified atom stereocenters. The molecule has 0 spiro atoms. The Bertz CT molecular complexity index is 60.6. The van der Waals surface area contributed by atoms with Crippen molar-refractivity contribution in [2.24, 2.45) is 0 Å². The Kier molecular flexibility index (Phi) is 21.8. The minimum absolute atomic E-state index is 1.20. The van der Waals surface area contributed by atoms with Crippen LogP contribution in [-0.4, -0.2) is 13.1 Å². The molecular formula is C8H19Br3Sn. The summed E-state index contributed by atoms with van der Waals surface area (Å²) in [5.74, 6) is 0. The van der Waals surface area contributed by atoms with Crippen molar-refractivity contribution < 1.29 is 0 Å².